The van der Waals surface area contributed by atoms with Crippen molar-refractivity contribution in [2.24, 2.45) is 0 Å². The molecule has 0 amide bonds. The minimum atomic E-state index is -3.62. The second kappa shape index (κ2) is 11.3. The predicted molar refractivity (Wildman–Crippen MR) is 129 cm³/mol. The molecule has 0 aliphatic heterocycles. The maximum Gasteiger partial charge on any atom is 1.00 e. The number of hydrogen-bond donors (Lipinski definition) is 0. The molecule has 38 heavy (non-hydrogen) atoms. The van der Waals surface area contributed by atoms with E-state index in [1.165, 1.54) is 27.7 Å². The van der Waals surface area contributed by atoms with E-state index in [0.717, 1.165) is 24.3 Å². The fourth-order valence-electron chi connectivity index (χ4n) is 5.05. The Morgan fingerprint density at radius 3 is 0.711 bits per heavy atom. The van der Waals surface area contributed by atoms with E-state index in [0.29, 0.717) is 24.3 Å². The molecule has 4 aromatic carbocycles. The standard InChI is InChI=1S/C28H20BF8.K/c1-13-5-17(25(34)9-21(13)30)29(18-6-14(2)22(31)10-26(18)35,19-7-15(3)23(32)11-27(19)36)20-8-16(4)24(33)12-28(20)37;/h5-12H,1-4H3;/q-1;+1. The van der Waals surface area contributed by atoms with Crippen molar-refractivity contribution in [3.8, 4) is 0 Å². The molecule has 0 bridgehead atoms. The number of rotatable bonds is 4. The van der Waals surface area contributed by atoms with Gasteiger partial charge in [0.05, 0.1) is 23.3 Å². The van der Waals surface area contributed by atoms with Crippen molar-refractivity contribution >= 4 is 28.0 Å². The van der Waals surface area contributed by atoms with Gasteiger partial charge in [0.1, 0.15) is 29.4 Å². The normalized spacial score (nSPS) is 11.5. The molecule has 0 aromatic heterocycles. The second-order valence-electron chi connectivity index (χ2n) is 9.36. The van der Waals surface area contributed by atoms with Crippen LogP contribution in [0.25, 0.3) is 0 Å². The van der Waals surface area contributed by atoms with Crippen molar-refractivity contribution in [1.29, 1.82) is 0 Å². The Balaban J connectivity index is 0.00000400. The van der Waals surface area contributed by atoms with E-state index in [2.05, 4.69) is 0 Å². The van der Waals surface area contributed by atoms with E-state index in [9.17, 15) is 17.6 Å². The van der Waals surface area contributed by atoms with Crippen molar-refractivity contribution in [3.05, 3.63) is 117 Å². The summed E-state index contributed by atoms with van der Waals surface area (Å²) in [5.74, 6) is -9.05. The largest absolute Gasteiger partial charge is 1.00 e. The maximum absolute atomic E-state index is 15.7. The molecule has 0 heterocycles. The van der Waals surface area contributed by atoms with Crippen molar-refractivity contribution in [2.75, 3.05) is 0 Å². The molecule has 0 atom stereocenters. The van der Waals surface area contributed by atoms with Gasteiger partial charge in [-0.25, -0.2) is 35.1 Å². The van der Waals surface area contributed by atoms with E-state index < -0.39 is 74.5 Å². The van der Waals surface area contributed by atoms with Crippen LogP contribution in [0.5, 0.6) is 0 Å². The number of halogens is 8. The van der Waals surface area contributed by atoms with Crippen molar-refractivity contribution in [2.45, 2.75) is 27.7 Å². The van der Waals surface area contributed by atoms with Gasteiger partial charge >= 0.3 is 51.4 Å². The first-order valence-electron chi connectivity index (χ1n) is 11.3. The van der Waals surface area contributed by atoms with Crippen LogP contribution in [-0.4, -0.2) is 6.15 Å². The Hall–Kier alpha value is -1.98. The minimum Gasteiger partial charge on any atom is -0.210 e. The van der Waals surface area contributed by atoms with E-state index in [1.54, 1.807) is 0 Å². The van der Waals surface area contributed by atoms with Crippen LogP contribution in [0.15, 0.2) is 48.5 Å². The maximum atomic E-state index is 15.7. The minimum absolute atomic E-state index is 0. The summed E-state index contributed by atoms with van der Waals surface area (Å²) in [6.45, 7) is 5.07. The van der Waals surface area contributed by atoms with Crippen molar-refractivity contribution in [1.82, 2.24) is 0 Å². The first kappa shape index (κ1) is 30.6. The Bertz CT molecular complexity index is 1330. The van der Waals surface area contributed by atoms with Gasteiger partial charge < -0.3 is 0 Å². The van der Waals surface area contributed by atoms with Crippen LogP contribution in [0.1, 0.15) is 22.3 Å². The Morgan fingerprint density at radius 2 is 0.526 bits per heavy atom. The van der Waals surface area contributed by atoms with Crippen LogP contribution in [0.3, 0.4) is 0 Å². The van der Waals surface area contributed by atoms with Gasteiger partial charge in [-0.2, -0.15) is 21.9 Å². The number of aryl methyl sites for hydroxylation is 4. The summed E-state index contributed by atoms with van der Waals surface area (Å²) in [7, 11) is 0. The molecule has 0 unspecified atom stereocenters. The van der Waals surface area contributed by atoms with Crippen LogP contribution in [-0.2, 0) is 0 Å². The van der Waals surface area contributed by atoms with Crippen LogP contribution < -0.4 is 73.2 Å². The zero-order chi connectivity index (χ0) is 27.4. The topological polar surface area (TPSA) is 0 Å². The van der Waals surface area contributed by atoms with Crippen LogP contribution >= 0.6 is 0 Å². The van der Waals surface area contributed by atoms with E-state index in [-0.39, 0.29) is 73.6 Å². The summed E-state index contributed by atoms with van der Waals surface area (Å²) in [5.41, 5.74) is -2.73. The van der Waals surface area contributed by atoms with Gasteiger partial charge in [0.2, 0.25) is 0 Å². The third kappa shape index (κ3) is 5.01. The first-order valence-corrected chi connectivity index (χ1v) is 11.3. The molecule has 0 saturated heterocycles. The molecule has 192 valence electrons. The zero-order valence-electron chi connectivity index (χ0n) is 21.2. The van der Waals surface area contributed by atoms with Gasteiger partial charge in [-0.3, -0.25) is 0 Å². The summed E-state index contributed by atoms with van der Waals surface area (Å²) in [6, 6.07) is 5.82. The molecule has 0 aliphatic rings. The third-order valence-electron chi connectivity index (χ3n) is 6.98. The fraction of sp³-hybridized carbons (Fsp3) is 0.143. The van der Waals surface area contributed by atoms with Gasteiger partial charge in [0, 0.05) is 24.3 Å². The summed E-state index contributed by atoms with van der Waals surface area (Å²) < 4.78 is 120. The van der Waals surface area contributed by atoms with Gasteiger partial charge in [-0.05, 0) is 49.9 Å². The Kier molecular flexibility index (Phi) is 9.05. The predicted octanol–water partition coefficient (Wildman–Crippen LogP) is 2.41. The van der Waals surface area contributed by atoms with Gasteiger partial charge in [-0.1, -0.05) is 24.3 Å². The molecule has 0 radical (unpaired) electrons. The molecular formula is C28H20BF8K. The molecule has 0 saturated carbocycles. The molecule has 0 fully saturated rings. The van der Waals surface area contributed by atoms with E-state index >= 15 is 17.6 Å². The van der Waals surface area contributed by atoms with Gasteiger partial charge in [0.25, 0.3) is 0 Å². The number of hydrogen-bond acceptors (Lipinski definition) is 0. The third-order valence-corrected chi connectivity index (χ3v) is 6.98. The average molecular weight is 558 g/mol. The summed E-state index contributed by atoms with van der Waals surface area (Å²) in [4.78, 5) is 0. The molecule has 0 aliphatic carbocycles. The molecule has 4 aromatic rings. The molecule has 0 nitrogen and oxygen atoms in total. The summed E-state index contributed by atoms with van der Waals surface area (Å²) >= 11 is 0. The van der Waals surface area contributed by atoms with Crippen LogP contribution in [0.2, 0.25) is 0 Å². The van der Waals surface area contributed by atoms with E-state index in [4.69, 9.17) is 0 Å². The monoisotopic (exact) mass is 558 g/mol. The van der Waals surface area contributed by atoms with Gasteiger partial charge in [-0.15, -0.1) is 0 Å². The Morgan fingerprint density at radius 1 is 0.342 bits per heavy atom. The number of benzene rings is 4. The molecule has 4 rings (SSSR count). The van der Waals surface area contributed by atoms with Crippen molar-refractivity contribution in [3.63, 3.8) is 0 Å². The van der Waals surface area contributed by atoms with Crippen molar-refractivity contribution < 1.29 is 86.5 Å². The van der Waals surface area contributed by atoms with Gasteiger partial charge in [0.15, 0.2) is 0 Å². The molecule has 0 N–H and O–H groups in total. The Labute approximate surface area is 257 Å². The fourth-order valence-corrected chi connectivity index (χ4v) is 5.05. The smallest absolute Gasteiger partial charge is 0.210 e. The van der Waals surface area contributed by atoms with Crippen LogP contribution in [0.4, 0.5) is 35.1 Å². The summed E-state index contributed by atoms with van der Waals surface area (Å²) in [5, 5.41) is 0. The zero-order valence-corrected chi connectivity index (χ0v) is 24.3. The quantitative estimate of drug-likeness (QED) is 0.267. The molecular weight excluding hydrogens is 538 g/mol. The average Bonchev–Trinajstić information content (AvgIpc) is 2.81. The SMILES string of the molecule is Cc1cc([B-](c2cc(C)c(F)cc2F)(c2cc(C)c(F)cc2F)c2cc(C)c(F)cc2F)c(F)cc1F.[K+]. The second-order valence-corrected chi connectivity index (χ2v) is 9.36. The molecule has 10 heteroatoms. The van der Waals surface area contributed by atoms with Crippen LogP contribution in [0, 0.1) is 74.2 Å². The molecule has 0 spiro atoms. The van der Waals surface area contributed by atoms with E-state index in [1.807, 2.05) is 0 Å². The summed E-state index contributed by atoms with van der Waals surface area (Å²) in [6.07, 6.45) is -3.62. The first-order chi connectivity index (χ1) is 17.3.